The first kappa shape index (κ1) is 23.4. The number of fused-ring (bicyclic) bond motifs is 2. The van der Waals surface area contributed by atoms with E-state index in [0.717, 1.165) is 68.2 Å². The molecular formula is C26H30ClN3O3S. The zero-order chi connectivity index (χ0) is 23.3. The molecule has 5 rings (SSSR count). The Bertz CT molecular complexity index is 1070. The molecular weight excluding hydrogens is 470 g/mol. The van der Waals surface area contributed by atoms with Crippen molar-refractivity contribution in [3.63, 3.8) is 0 Å². The molecule has 0 atom stereocenters. The number of ether oxygens (including phenoxy) is 2. The van der Waals surface area contributed by atoms with Gasteiger partial charge in [0.1, 0.15) is 13.2 Å². The summed E-state index contributed by atoms with van der Waals surface area (Å²) in [6.45, 7) is 7.12. The maximum atomic E-state index is 12.6. The number of carbonyl (C=O) groups is 1. The summed E-state index contributed by atoms with van der Waals surface area (Å²) >= 11 is 7.79. The van der Waals surface area contributed by atoms with Gasteiger partial charge in [-0.2, -0.15) is 0 Å². The van der Waals surface area contributed by atoms with Crippen LogP contribution in [0.25, 0.3) is 6.08 Å². The highest BCUT2D eigenvalue weighted by atomic mass is 35.5. The number of rotatable bonds is 7. The first-order valence-corrected chi connectivity index (χ1v) is 13.3. The number of nitrogens with zero attached hydrogens (tertiary/aromatic N) is 2. The fraction of sp³-hybridized carbons (Fsp3) is 0.423. The first-order valence-electron chi connectivity index (χ1n) is 11.9. The van der Waals surface area contributed by atoms with Crippen molar-refractivity contribution in [3.8, 4) is 11.5 Å². The van der Waals surface area contributed by atoms with Crippen LogP contribution < -0.4 is 19.7 Å². The Kier molecular flexibility index (Phi) is 7.52. The maximum absolute atomic E-state index is 12.6. The van der Waals surface area contributed by atoms with E-state index in [0.29, 0.717) is 30.5 Å². The molecule has 0 bridgehead atoms. The quantitative estimate of drug-likeness (QED) is 0.573. The van der Waals surface area contributed by atoms with Gasteiger partial charge in [-0.1, -0.05) is 11.6 Å². The smallest absolute Gasteiger partial charge is 0.248 e. The number of carbonyl (C=O) groups excluding carboxylic acids is 1. The average molecular weight is 500 g/mol. The highest BCUT2D eigenvalue weighted by Gasteiger charge is 2.20. The van der Waals surface area contributed by atoms with Gasteiger partial charge in [-0.25, -0.2) is 0 Å². The van der Waals surface area contributed by atoms with Crippen LogP contribution in [0.1, 0.15) is 18.4 Å². The molecule has 6 nitrogen and oxygen atoms in total. The summed E-state index contributed by atoms with van der Waals surface area (Å²) in [6, 6.07) is 12.1. The number of amides is 1. The predicted octanol–water partition coefficient (Wildman–Crippen LogP) is 4.32. The van der Waals surface area contributed by atoms with Gasteiger partial charge >= 0.3 is 0 Å². The van der Waals surface area contributed by atoms with Crippen molar-refractivity contribution in [2.45, 2.75) is 17.7 Å². The van der Waals surface area contributed by atoms with E-state index in [2.05, 4.69) is 27.2 Å². The van der Waals surface area contributed by atoms with Crippen molar-refractivity contribution in [3.05, 3.63) is 52.6 Å². The second-order valence-corrected chi connectivity index (χ2v) is 10.2. The number of nitrogens with one attached hydrogen (secondary N) is 1. The Hall–Kier alpha value is -2.35. The molecule has 1 saturated heterocycles. The van der Waals surface area contributed by atoms with Crippen molar-refractivity contribution in [1.29, 1.82) is 0 Å². The normalized spacial score (nSPS) is 17.7. The lowest BCUT2D eigenvalue weighted by atomic mass is 10.1. The van der Waals surface area contributed by atoms with Gasteiger partial charge in [0, 0.05) is 65.7 Å². The summed E-state index contributed by atoms with van der Waals surface area (Å²) in [5, 5.41) is 3.79. The van der Waals surface area contributed by atoms with E-state index < -0.39 is 0 Å². The van der Waals surface area contributed by atoms with Gasteiger partial charge < -0.3 is 19.7 Å². The van der Waals surface area contributed by atoms with Crippen molar-refractivity contribution in [2.75, 3.05) is 63.1 Å². The molecule has 3 aliphatic rings. The van der Waals surface area contributed by atoms with Crippen LogP contribution in [0.2, 0.25) is 5.02 Å². The largest absolute Gasteiger partial charge is 0.486 e. The Morgan fingerprint density at radius 1 is 1.00 bits per heavy atom. The standard InChI is InChI=1S/C26H30ClN3O3S/c27-21-3-6-25-19(16-21)15-20(18-34-25)26(31)28-7-1-2-8-29-9-11-30(12-10-29)22-4-5-23-24(17-22)33-14-13-32-23/h3-6,15-17H,1-2,7-14,18H2,(H,28,31). The number of thioether (sulfide) groups is 1. The minimum atomic E-state index is 0.0335. The SMILES string of the molecule is O=C(NCCCCN1CCN(c2ccc3c(c2)OCCO3)CC1)C1=Cc2cc(Cl)ccc2SC1. The second kappa shape index (κ2) is 10.9. The van der Waals surface area contributed by atoms with E-state index in [4.69, 9.17) is 21.1 Å². The monoisotopic (exact) mass is 499 g/mol. The van der Waals surface area contributed by atoms with E-state index in [9.17, 15) is 4.79 Å². The molecule has 1 amide bonds. The van der Waals surface area contributed by atoms with E-state index in [1.54, 1.807) is 11.8 Å². The highest BCUT2D eigenvalue weighted by molar-refractivity contribution is 7.99. The summed E-state index contributed by atoms with van der Waals surface area (Å²) < 4.78 is 11.4. The van der Waals surface area contributed by atoms with Gasteiger partial charge in [0.05, 0.1) is 0 Å². The number of hydrogen-bond donors (Lipinski definition) is 1. The molecule has 34 heavy (non-hydrogen) atoms. The van der Waals surface area contributed by atoms with Crippen LogP contribution >= 0.6 is 23.4 Å². The Labute approximate surface area is 210 Å². The number of anilines is 1. The number of hydrogen-bond acceptors (Lipinski definition) is 6. The van der Waals surface area contributed by atoms with Crippen molar-refractivity contribution in [2.24, 2.45) is 0 Å². The lowest BCUT2D eigenvalue weighted by Gasteiger charge is -2.36. The zero-order valence-electron chi connectivity index (χ0n) is 19.2. The maximum Gasteiger partial charge on any atom is 0.248 e. The molecule has 0 spiro atoms. The zero-order valence-corrected chi connectivity index (χ0v) is 20.8. The van der Waals surface area contributed by atoms with E-state index in [-0.39, 0.29) is 5.91 Å². The average Bonchev–Trinajstić information content (AvgIpc) is 2.88. The molecule has 3 heterocycles. The van der Waals surface area contributed by atoms with Gasteiger partial charge in [-0.05, 0) is 61.4 Å². The molecule has 0 saturated carbocycles. The molecule has 0 radical (unpaired) electrons. The number of benzene rings is 2. The fourth-order valence-electron chi connectivity index (χ4n) is 4.51. The van der Waals surface area contributed by atoms with Crippen LogP contribution in [-0.2, 0) is 4.79 Å². The topological polar surface area (TPSA) is 54.0 Å². The molecule has 0 aliphatic carbocycles. The van der Waals surface area contributed by atoms with Crippen molar-refractivity contribution in [1.82, 2.24) is 10.2 Å². The molecule has 0 unspecified atom stereocenters. The number of unbranched alkanes of at least 4 members (excludes halogenated alkanes) is 1. The van der Waals surface area contributed by atoms with Gasteiger partial charge in [0.25, 0.3) is 0 Å². The van der Waals surface area contributed by atoms with Gasteiger partial charge in [-0.15, -0.1) is 11.8 Å². The van der Waals surface area contributed by atoms with Crippen LogP contribution in [-0.4, -0.2) is 69.0 Å². The van der Waals surface area contributed by atoms with Crippen LogP contribution in [0.5, 0.6) is 11.5 Å². The third-order valence-electron chi connectivity index (χ3n) is 6.43. The van der Waals surface area contributed by atoms with Crippen molar-refractivity contribution < 1.29 is 14.3 Å². The minimum absolute atomic E-state index is 0.0335. The molecule has 0 aromatic heterocycles. The lowest BCUT2D eigenvalue weighted by molar-refractivity contribution is -0.117. The van der Waals surface area contributed by atoms with E-state index in [1.165, 1.54) is 10.6 Å². The van der Waals surface area contributed by atoms with Gasteiger partial charge in [0.15, 0.2) is 11.5 Å². The molecule has 2 aromatic carbocycles. The van der Waals surface area contributed by atoms with Crippen LogP contribution in [0.3, 0.4) is 0 Å². The highest BCUT2D eigenvalue weighted by Crippen LogP contribution is 2.35. The number of halogens is 1. The Morgan fingerprint density at radius 3 is 2.68 bits per heavy atom. The van der Waals surface area contributed by atoms with Crippen LogP contribution in [0.15, 0.2) is 46.9 Å². The Morgan fingerprint density at radius 2 is 1.82 bits per heavy atom. The molecule has 3 aliphatic heterocycles. The van der Waals surface area contributed by atoms with E-state index >= 15 is 0 Å². The summed E-state index contributed by atoms with van der Waals surface area (Å²) in [5.74, 6) is 2.43. The summed E-state index contributed by atoms with van der Waals surface area (Å²) in [6.07, 6.45) is 4.03. The Balaban J connectivity index is 1.01. The fourth-order valence-corrected chi connectivity index (χ4v) is 5.67. The van der Waals surface area contributed by atoms with Crippen molar-refractivity contribution >= 4 is 41.0 Å². The summed E-state index contributed by atoms with van der Waals surface area (Å²) in [7, 11) is 0. The first-order chi connectivity index (χ1) is 16.7. The predicted molar refractivity (Wildman–Crippen MR) is 138 cm³/mol. The lowest BCUT2D eigenvalue weighted by Crippen LogP contribution is -2.46. The third-order valence-corrected chi connectivity index (χ3v) is 7.80. The molecule has 180 valence electrons. The minimum Gasteiger partial charge on any atom is -0.486 e. The van der Waals surface area contributed by atoms with Gasteiger partial charge in [-0.3, -0.25) is 9.69 Å². The molecule has 1 N–H and O–H groups in total. The van der Waals surface area contributed by atoms with Gasteiger partial charge in [0.2, 0.25) is 5.91 Å². The summed E-state index contributed by atoms with van der Waals surface area (Å²) in [4.78, 5) is 18.7. The molecule has 8 heteroatoms. The molecule has 1 fully saturated rings. The number of piperazine rings is 1. The summed E-state index contributed by atoms with van der Waals surface area (Å²) in [5.41, 5.74) is 3.05. The van der Waals surface area contributed by atoms with Crippen LogP contribution in [0, 0.1) is 0 Å². The third kappa shape index (κ3) is 5.65. The second-order valence-electron chi connectivity index (χ2n) is 8.76. The van der Waals surface area contributed by atoms with E-state index in [1.807, 2.05) is 30.3 Å². The van der Waals surface area contributed by atoms with Crippen LogP contribution in [0.4, 0.5) is 5.69 Å². The molecule has 2 aromatic rings.